The summed E-state index contributed by atoms with van der Waals surface area (Å²) in [5, 5.41) is 15.6. The van der Waals surface area contributed by atoms with Gasteiger partial charge in [0.05, 0.1) is 12.6 Å². The summed E-state index contributed by atoms with van der Waals surface area (Å²) in [5.41, 5.74) is 0. The molecular weight excluding hydrogens is 204 g/mol. The van der Waals surface area contributed by atoms with Gasteiger partial charge in [-0.3, -0.25) is 4.79 Å². The Bertz CT molecular complexity index is 209. The fraction of sp³-hybridized carbons (Fsp3) is 0.917. The second-order valence-corrected chi connectivity index (χ2v) is 4.59. The SMILES string of the molecule is CCCCNC(=O)CNCC1CCCC1O. The second-order valence-electron chi connectivity index (χ2n) is 4.59. The number of aliphatic hydroxyl groups is 1. The van der Waals surface area contributed by atoms with Crippen LogP contribution < -0.4 is 10.6 Å². The van der Waals surface area contributed by atoms with E-state index in [1.165, 1.54) is 0 Å². The molecule has 94 valence electrons. The summed E-state index contributed by atoms with van der Waals surface area (Å²) in [6.07, 6.45) is 5.06. The molecule has 1 amide bonds. The molecule has 1 saturated carbocycles. The lowest BCUT2D eigenvalue weighted by molar-refractivity contribution is -0.120. The van der Waals surface area contributed by atoms with E-state index in [1.807, 2.05) is 0 Å². The van der Waals surface area contributed by atoms with Crippen molar-refractivity contribution in [2.45, 2.75) is 45.1 Å². The number of aliphatic hydroxyl groups excluding tert-OH is 1. The minimum atomic E-state index is -0.171. The van der Waals surface area contributed by atoms with Gasteiger partial charge in [-0.2, -0.15) is 0 Å². The number of amides is 1. The standard InChI is InChI=1S/C12H24N2O2/c1-2-3-7-14-12(16)9-13-8-10-5-4-6-11(10)15/h10-11,13,15H,2-9H2,1H3,(H,14,16). The van der Waals surface area contributed by atoms with Crippen LogP contribution in [0.3, 0.4) is 0 Å². The predicted molar refractivity (Wildman–Crippen MR) is 64.1 cm³/mol. The third-order valence-electron chi connectivity index (χ3n) is 3.16. The molecule has 0 radical (unpaired) electrons. The highest BCUT2D eigenvalue weighted by molar-refractivity contribution is 5.77. The summed E-state index contributed by atoms with van der Waals surface area (Å²) in [6.45, 7) is 3.99. The van der Waals surface area contributed by atoms with Crippen molar-refractivity contribution in [3.05, 3.63) is 0 Å². The zero-order chi connectivity index (χ0) is 11.8. The molecule has 4 nitrogen and oxygen atoms in total. The third kappa shape index (κ3) is 4.94. The molecule has 1 fully saturated rings. The highest BCUT2D eigenvalue weighted by Crippen LogP contribution is 2.24. The first-order chi connectivity index (χ1) is 7.74. The van der Waals surface area contributed by atoms with E-state index < -0.39 is 0 Å². The number of unbranched alkanes of at least 4 members (excludes halogenated alkanes) is 1. The van der Waals surface area contributed by atoms with E-state index in [4.69, 9.17) is 0 Å². The van der Waals surface area contributed by atoms with Crippen LogP contribution in [0.25, 0.3) is 0 Å². The maximum atomic E-state index is 11.3. The fourth-order valence-electron chi connectivity index (χ4n) is 2.09. The van der Waals surface area contributed by atoms with Crippen molar-refractivity contribution in [1.82, 2.24) is 10.6 Å². The molecule has 4 heteroatoms. The van der Waals surface area contributed by atoms with Crippen molar-refractivity contribution >= 4 is 5.91 Å². The molecule has 2 unspecified atom stereocenters. The average molecular weight is 228 g/mol. The van der Waals surface area contributed by atoms with Crippen molar-refractivity contribution in [2.24, 2.45) is 5.92 Å². The summed E-state index contributed by atoms with van der Waals surface area (Å²) >= 11 is 0. The monoisotopic (exact) mass is 228 g/mol. The maximum Gasteiger partial charge on any atom is 0.233 e. The van der Waals surface area contributed by atoms with Gasteiger partial charge in [-0.25, -0.2) is 0 Å². The van der Waals surface area contributed by atoms with E-state index in [0.29, 0.717) is 12.5 Å². The first kappa shape index (κ1) is 13.5. The number of carbonyl (C=O) groups excluding carboxylic acids is 1. The average Bonchev–Trinajstić information content (AvgIpc) is 2.65. The zero-order valence-corrected chi connectivity index (χ0v) is 10.2. The molecule has 0 heterocycles. The molecule has 0 spiro atoms. The molecule has 2 atom stereocenters. The minimum Gasteiger partial charge on any atom is -0.393 e. The van der Waals surface area contributed by atoms with Crippen LogP contribution in [0.5, 0.6) is 0 Å². The smallest absolute Gasteiger partial charge is 0.233 e. The topological polar surface area (TPSA) is 61.4 Å². The Morgan fingerprint density at radius 2 is 2.25 bits per heavy atom. The van der Waals surface area contributed by atoms with E-state index >= 15 is 0 Å². The fourth-order valence-corrected chi connectivity index (χ4v) is 2.09. The van der Waals surface area contributed by atoms with Crippen LogP contribution in [-0.2, 0) is 4.79 Å². The van der Waals surface area contributed by atoms with Crippen LogP contribution in [0.2, 0.25) is 0 Å². The van der Waals surface area contributed by atoms with E-state index in [-0.39, 0.29) is 12.0 Å². The van der Waals surface area contributed by atoms with Gasteiger partial charge in [0.15, 0.2) is 0 Å². The van der Waals surface area contributed by atoms with Gasteiger partial charge in [-0.1, -0.05) is 19.8 Å². The molecule has 1 aliphatic rings. The van der Waals surface area contributed by atoms with Gasteiger partial charge >= 0.3 is 0 Å². The molecule has 0 aromatic carbocycles. The molecule has 0 aromatic rings. The highest BCUT2D eigenvalue weighted by Gasteiger charge is 2.24. The lowest BCUT2D eigenvalue weighted by Crippen LogP contribution is -2.37. The molecule has 3 N–H and O–H groups in total. The van der Waals surface area contributed by atoms with Gasteiger partial charge in [0.2, 0.25) is 5.91 Å². The summed E-state index contributed by atoms with van der Waals surface area (Å²) in [4.78, 5) is 11.3. The number of rotatable bonds is 7. The van der Waals surface area contributed by atoms with Gasteiger partial charge in [0, 0.05) is 13.1 Å². The largest absolute Gasteiger partial charge is 0.393 e. The Morgan fingerprint density at radius 1 is 1.44 bits per heavy atom. The van der Waals surface area contributed by atoms with E-state index in [9.17, 15) is 9.90 Å². The normalized spacial score (nSPS) is 24.6. The summed E-state index contributed by atoms with van der Waals surface area (Å²) in [6, 6.07) is 0. The molecule has 0 bridgehead atoms. The van der Waals surface area contributed by atoms with Crippen molar-refractivity contribution in [3.63, 3.8) is 0 Å². The Hall–Kier alpha value is -0.610. The van der Waals surface area contributed by atoms with Crippen LogP contribution >= 0.6 is 0 Å². The van der Waals surface area contributed by atoms with Crippen molar-refractivity contribution in [2.75, 3.05) is 19.6 Å². The van der Waals surface area contributed by atoms with Crippen molar-refractivity contribution in [3.8, 4) is 0 Å². The summed E-state index contributed by atoms with van der Waals surface area (Å²) < 4.78 is 0. The Morgan fingerprint density at radius 3 is 2.88 bits per heavy atom. The van der Waals surface area contributed by atoms with Gasteiger partial charge < -0.3 is 15.7 Å². The Balaban J connectivity index is 1.99. The molecule has 1 aliphatic carbocycles. The third-order valence-corrected chi connectivity index (χ3v) is 3.16. The van der Waals surface area contributed by atoms with Gasteiger partial charge in [-0.05, 0) is 25.2 Å². The minimum absolute atomic E-state index is 0.0564. The van der Waals surface area contributed by atoms with Crippen LogP contribution in [0.15, 0.2) is 0 Å². The van der Waals surface area contributed by atoms with Gasteiger partial charge in [0.25, 0.3) is 0 Å². The molecule has 0 aromatic heterocycles. The van der Waals surface area contributed by atoms with Gasteiger partial charge in [-0.15, -0.1) is 0 Å². The van der Waals surface area contributed by atoms with E-state index in [2.05, 4.69) is 17.6 Å². The quantitative estimate of drug-likeness (QED) is 0.561. The lowest BCUT2D eigenvalue weighted by Gasteiger charge is -2.14. The number of carbonyl (C=O) groups is 1. The Labute approximate surface area is 97.8 Å². The molecule has 1 rings (SSSR count). The molecule has 16 heavy (non-hydrogen) atoms. The van der Waals surface area contributed by atoms with Crippen molar-refractivity contribution in [1.29, 1.82) is 0 Å². The first-order valence-corrected chi connectivity index (χ1v) is 6.39. The highest BCUT2D eigenvalue weighted by atomic mass is 16.3. The first-order valence-electron chi connectivity index (χ1n) is 6.39. The van der Waals surface area contributed by atoms with Crippen LogP contribution in [0, 0.1) is 5.92 Å². The maximum absolute atomic E-state index is 11.3. The van der Waals surface area contributed by atoms with Crippen LogP contribution in [-0.4, -0.2) is 36.8 Å². The Kier molecular flexibility index (Phi) is 6.42. The lowest BCUT2D eigenvalue weighted by atomic mass is 10.1. The number of nitrogens with one attached hydrogen (secondary N) is 2. The molecule has 0 saturated heterocycles. The molecular formula is C12H24N2O2. The second kappa shape index (κ2) is 7.63. The zero-order valence-electron chi connectivity index (χ0n) is 10.2. The molecule has 0 aliphatic heterocycles. The summed E-state index contributed by atoms with van der Waals surface area (Å²) in [7, 11) is 0. The predicted octanol–water partition coefficient (Wildman–Crippen LogP) is 0.653. The summed E-state index contributed by atoms with van der Waals surface area (Å²) in [5.74, 6) is 0.393. The van der Waals surface area contributed by atoms with Crippen LogP contribution in [0.4, 0.5) is 0 Å². The van der Waals surface area contributed by atoms with Crippen molar-refractivity contribution < 1.29 is 9.90 Å². The number of hydrogen-bond donors (Lipinski definition) is 3. The van der Waals surface area contributed by atoms with E-state index in [0.717, 1.165) is 45.2 Å². The van der Waals surface area contributed by atoms with Crippen LogP contribution in [0.1, 0.15) is 39.0 Å². The van der Waals surface area contributed by atoms with E-state index in [1.54, 1.807) is 0 Å². The van der Waals surface area contributed by atoms with Gasteiger partial charge in [0.1, 0.15) is 0 Å². The number of hydrogen-bond acceptors (Lipinski definition) is 3.